The van der Waals surface area contributed by atoms with Crippen LogP contribution >= 0.6 is 45.8 Å². The number of hydrogen-bond acceptors (Lipinski definition) is 7. The molecule has 0 spiro atoms. The number of rotatable bonds is 2. The van der Waals surface area contributed by atoms with Crippen molar-refractivity contribution in [3.8, 4) is 11.5 Å². The summed E-state index contributed by atoms with van der Waals surface area (Å²) < 4.78 is 56.0. The number of sulfone groups is 1. The number of benzene rings is 1. The van der Waals surface area contributed by atoms with E-state index in [1.165, 1.54) is 71.8 Å². The van der Waals surface area contributed by atoms with E-state index in [-0.39, 0.29) is 40.4 Å². The quantitative estimate of drug-likeness (QED) is 0.0769. The molecule has 1 aliphatic heterocycles. The maximum absolute atomic E-state index is 12.8. The van der Waals surface area contributed by atoms with Crippen molar-refractivity contribution in [3.05, 3.63) is 105 Å². The van der Waals surface area contributed by atoms with Crippen LogP contribution in [-0.2, 0) is 14.6 Å². The van der Waals surface area contributed by atoms with Crippen LogP contribution in [-0.4, -0.2) is 40.4 Å². The Morgan fingerprint density at radius 1 is 0.936 bits per heavy atom. The minimum Gasteiger partial charge on any atom is -0.381 e. The first-order chi connectivity index (χ1) is 21.9. The molecule has 1 saturated heterocycles. The SMILES string of the molecule is C1CCOC1.Cc1ccc(S(=O)(=O)C#N)cc1.Fc1ccc2nc(Cl)c(I)n2c1.N#Cc1c(Cl)nc2ccc(F)cn12.[CH2-]CCC.[Li+]. The molecule has 0 atom stereocenters. The first-order valence-corrected chi connectivity index (χ1v) is 17.0. The largest absolute Gasteiger partial charge is 1.00 e. The Morgan fingerprint density at radius 2 is 1.43 bits per heavy atom. The Morgan fingerprint density at radius 3 is 1.87 bits per heavy atom. The number of aryl methyl sites for hydroxylation is 1. The fourth-order valence-electron chi connectivity index (χ4n) is 3.33. The van der Waals surface area contributed by atoms with E-state index in [0.717, 1.165) is 28.9 Å². The molecule has 1 aromatic carbocycles. The van der Waals surface area contributed by atoms with Gasteiger partial charge in [-0.2, -0.15) is 16.9 Å². The molecule has 6 rings (SSSR count). The second-order valence-electron chi connectivity index (χ2n) is 9.29. The third-order valence-electron chi connectivity index (χ3n) is 5.76. The van der Waals surface area contributed by atoms with Gasteiger partial charge in [0.2, 0.25) is 0 Å². The van der Waals surface area contributed by atoms with Crippen LogP contribution in [0.1, 0.15) is 43.9 Å². The second kappa shape index (κ2) is 21.3. The monoisotopic (exact) mass is 808 g/mol. The zero-order chi connectivity index (χ0) is 34.3. The van der Waals surface area contributed by atoms with Gasteiger partial charge in [0.25, 0.3) is 9.84 Å². The average molecular weight is 809 g/mol. The standard InChI is InChI=1S/C8H3ClFN3.C8H7NO2S.C7H3ClFIN2.C4H8O.C4H9.Li/c9-8-6(3-11)13-4-5(10)1-2-7(13)12-8;1-7-2-4-8(5-3-7)12(10,11)6-9;8-6-7(10)12-3-4(9)1-2-5(12)11-6;1-2-4-5-3-1;1-3-4-2;/h1-2,4H;2-5H,1H3;1-3H;1-4H2;1,3-4H2,2H3;/q;;;;-1;+1. The van der Waals surface area contributed by atoms with E-state index in [4.69, 9.17) is 38.5 Å². The van der Waals surface area contributed by atoms with E-state index in [2.05, 4.69) is 23.8 Å². The van der Waals surface area contributed by atoms with Crippen molar-refractivity contribution in [2.45, 2.75) is 44.4 Å². The number of imidazole rings is 2. The Balaban J connectivity index is 0.000000309. The molecule has 4 aromatic heterocycles. The summed E-state index contributed by atoms with van der Waals surface area (Å²) in [7, 11) is -3.71. The zero-order valence-corrected chi connectivity index (χ0v) is 30.4. The summed E-state index contributed by atoms with van der Waals surface area (Å²) in [6.07, 6.45) is 7.36. The van der Waals surface area contributed by atoms with Crippen LogP contribution in [0.25, 0.3) is 11.3 Å². The second-order valence-corrected chi connectivity index (χ2v) is 12.7. The molecular formula is C31H30Cl2F2ILiN6O3S. The normalized spacial score (nSPS) is 11.5. The van der Waals surface area contributed by atoms with Crippen LogP contribution in [0.5, 0.6) is 0 Å². The van der Waals surface area contributed by atoms with Crippen LogP contribution in [0.2, 0.25) is 10.3 Å². The molecule has 0 unspecified atom stereocenters. The molecule has 0 radical (unpaired) electrons. The maximum atomic E-state index is 12.8. The predicted octanol–water partition coefficient (Wildman–Crippen LogP) is 5.40. The summed E-state index contributed by atoms with van der Waals surface area (Å²) in [6, 6.07) is 13.7. The number of nitrogens with zero attached hydrogens (tertiary/aromatic N) is 6. The van der Waals surface area contributed by atoms with Crippen molar-refractivity contribution in [1.82, 2.24) is 18.8 Å². The van der Waals surface area contributed by atoms with Crippen LogP contribution < -0.4 is 18.9 Å². The topological polar surface area (TPSA) is 126 Å². The molecule has 244 valence electrons. The molecule has 9 nitrogen and oxygen atoms in total. The van der Waals surface area contributed by atoms with E-state index < -0.39 is 15.7 Å². The van der Waals surface area contributed by atoms with Gasteiger partial charge in [0.1, 0.15) is 32.7 Å². The van der Waals surface area contributed by atoms with Gasteiger partial charge in [0.15, 0.2) is 21.4 Å². The first kappa shape index (κ1) is 42.3. The van der Waals surface area contributed by atoms with Gasteiger partial charge >= 0.3 is 18.9 Å². The van der Waals surface area contributed by atoms with E-state index in [9.17, 15) is 17.2 Å². The van der Waals surface area contributed by atoms with Crippen LogP contribution in [0.3, 0.4) is 0 Å². The minimum absolute atomic E-state index is 0. The van der Waals surface area contributed by atoms with Crippen LogP contribution in [0, 0.1) is 51.2 Å². The average Bonchev–Trinajstić information content (AvgIpc) is 3.79. The number of fused-ring (bicyclic) bond motifs is 2. The third kappa shape index (κ3) is 13.4. The van der Waals surface area contributed by atoms with Gasteiger partial charge < -0.3 is 11.7 Å². The van der Waals surface area contributed by atoms with E-state index in [1.54, 1.807) is 22.6 Å². The van der Waals surface area contributed by atoms with Gasteiger partial charge in [-0.25, -0.2) is 27.2 Å². The van der Waals surface area contributed by atoms with Gasteiger partial charge in [0, 0.05) is 25.6 Å². The third-order valence-corrected chi connectivity index (χ3v) is 8.77. The zero-order valence-electron chi connectivity index (χ0n) is 25.9. The molecule has 1 aliphatic rings. The molecule has 1 fully saturated rings. The number of nitriles is 2. The Hall–Kier alpha value is -2.74. The van der Waals surface area contributed by atoms with Crippen molar-refractivity contribution >= 4 is 66.9 Å². The van der Waals surface area contributed by atoms with Crippen molar-refractivity contribution in [3.63, 3.8) is 0 Å². The number of ether oxygens (including phenoxy) is 1. The van der Waals surface area contributed by atoms with Gasteiger partial charge in [-0.15, -0.1) is 0 Å². The molecule has 47 heavy (non-hydrogen) atoms. The number of thiocyanates is 1. The van der Waals surface area contributed by atoms with Crippen molar-refractivity contribution < 1.29 is 40.8 Å². The minimum atomic E-state index is -3.71. The van der Waals surface area contributed by atoms with Gasteiger partial charge in [0.05, 0.1) is 4.90 Å². The van der Waals surface area contributed by atoms with E-state index >= 15 is 0 Å². The fourth-order valence-corrected chi connectivity index (χ4v) is 4.84. The molecule has 0 aliphatic carbocycles. The summed E-state index contributed by atoms with van der Waals surface area (Å²) in [4.78, 5) is 7.92. The molecule has 0 saturated carbocycles. The van der Waals surface area contributed by atoms with E-state index in [1.807, 2.05) is 35.6 Å². The maximum Gasteiger partial charge on any atom is 1.00 e. The number of pyridine rings is 2. The van der Waals surface area contributed by atoms with Crippen molar-refractivity contribution in [1.29, 1.82) is 10.5 Å². The number of hydrogen-bond donors (Lipinski definition) is 0. The number of halogens is 5. The Labute approximate surface area is 308 Å². The smallest absolute Gasteiger partial charge is 0.381 e. The summed E-state index contributed by atoms with van der Waals surface area (Å²) in [5.41, 5.74) is 2.23. The number of aromatic nitrogens is 4. The summed E-state index contributed by atoms with van der Waals surface area (Å²) in [5, 5.41) is 18.7. The van der Waals surface area contributed by atoms with Crippen molar-refractivity contribution in [2.24, 2.45) is 0 Å². The van der Waals surface area contributed by atoms with Crippen molar-refractivity contribution in [2.75, 3.05) is 13.2 Å². The van der Waals surface area contributed by atoms with Crippen LogP contribution in [0.15, 0.2) is 65.8 Å². The van der Waals surface area contributed by atoms with E-state index in [0.29, 0.717) is 16.4 Å². The molecule has 5 aromatic rings. The molecule has 5 heterocycles. The predicted molar refractivity (Wildman–Crippen MR) is 182 cm³/mol. The first-order valence-electron chi connectivity index (χ1n) is 13.7. The van der Waals surface area contributed by atoms with Crippen LogP contribution in [0.4, 0.5) is 8.78 Å². The Kier molecular flexibility index (Phi) is 19.1. The molecule has 16 heteroatoms. The molecule has 0 amide bonds. The summed E-state index contributed by atoms with van der Waals surface area (Å²) >= 11 is 13.4. The Bertz CT molecular complexity index is 1910. The molecule has 0 bridgehead atoms. The van der Waals surface area contributed by atoms with Gasteiger partial charge in [-0.1, -0.05) is 54.2 Å². The van der Waals surface area contributed by atoms with Gasteiger partial charge in [-0.3, -0.25) is 8.80 Å². The summed E-state index contributed by atoms with van der Waals surface area (Å²) in [6.45, 7) is 9.57. The fraction of sp³-hybridized carbons (Fsp3) is 0.258. The number of unbranched alkanes of at least 4 members (excludes halogenated alkanes) is 1. The summed E-state index contributed by atoms with van der Waals surface area (Å²) in [5.74, 6) is -0.729. The molecular weight excluding hydrogens is 779 g/mol. The molecule has 0 N–H and O–H groups in total. The van der Waals surface area contributed by atoms with Gasteiger partial charge in [-0.05, 0) is 78.8 Å².